The zero-order valence-corrected chi connectivity index (χ0v) is 19.1. The predicted molar refractivity (Wildman–Crippen MR) is 130 cm³/mol. The summed E-state index contributed by atoms with van der Waals surface area (Å²) in [6.45, 7) is 3.82. The Hall–Kier alpha value is -3.42. The van der Waals surface area contributed by atoms with Crippen LogP contribution in [-0.2, 0) is 6.54 Å². The minimum Gasteiger partial charge on any atom is -0.463 e. The van der Waals surface area contributed by atoms with E-state index in [4.69, 9.17) is 9.40 Å². The summed E-state index contributed by atoms with van der Waals surface area (Å²) in [6.07, 6.45) is 1.67. The number of urea groups is 1. The molecule has 3 heterocycles. The van der Waals surface area contributed by atoms with Crippen LogP contribution in [0.25, 0.3) is 11.5 Å². The van der Waals surface area contributed by atoms with E-state index in [1.165, 1.54) is 0 Å². The lowest BCUT2D eigenvalue weighted by Gasteiger charge is -2.35. The van der Waals surface area contributed by atoms with Crippen LogP contribution in [0.3, 0.4) is 0 Å². The van der Waals surface area contributed by atoms with E-state index < -0.39 is 0 Å². The van der Waals surface area contributed by atoms with Gasteiger partial charge in [-0.25, -0.2) is 9.78 Å². The first-order valence-corrected chi connectivity index (χ1v) is 12.0. The van der Waals surface area contributed by atoms with Gasteiger partial charge < -0.3 is 14.6 Å². The molecular formula is C26H26N4O2S. The molecule has 6 nitrogen and oxygen atoms in total. The maximum Gasteiger partial charge on any atom is 0.318 e. The molecule has 2 amide bonds. The second-order valence-electron chi connectivity index (χ2n) is 8.07. The summed E-state index contributed by atoms with van der Waals surface area (Å²) in [5.41, 5.74) is 3.03. The van der Waals surface area contributed by atoms with Crippen molar-refractivity contribution in [2.45, 2.75) is 12.6 Å². The number of hydrogen-bond acceptors (Lipinski definition) is 5. The topological polar surface area (TPSA) is 61.6 Å². The molecule has 1 aliphatic rings. The van der Waals surface area contributed by atoms with Crippen LogP contribution >= 0.6 is 11.3 Å². The van der Waals surface area contributed by atoms with Gasteiger partial charge in [-0.05, 0) is 23.3 Å². The average molecular weight is 459 g/mol. The summed E-state index contributed by atoms with van der Waals surface area (Å²) in [5, 5.41) is 6.35. The Kier molecular flexibility index (Phi) is 6.51. The van der Waals surface area contributed by atoms with Crippen LogP contribution in [0.5, 0.6) is 0 Å². The molecular weight excluding hydrogens is 432 g/mol. The maximum absolute atomic E-state index is 13.1. The van der Waals surface area contributed by atoms with Crippen molar-refractivity contribution in [3.05, 3.63) is 101 Å². The van der Waals surface area contributed by atoms with Crippen LogP contribution in [0.1, 0.15) is 22.2 Å². The number of aromatic nitrogens is 1. The van der Waals surface area contributed by atoms with Crippen LogP contribution in [0.4, 0.5) is 4.79 Å². The van der Waals surface area contributed by atoms with Crippen molar-refractivity contribution in [3.63, 3.8) is 0 Å². The Morgan fingerprint density at radius 3 is 2.21 bits per heavy atom. The number of carbonyl (C=O) groups is 1. The normalized spacial score (nSPS) is 14.5. The number of nitrogens with one attached hydrogen (secondary N) is 1. The number of piperazine rings is 1. The van der Waals surface area contributed by atoms with E-state index >= 15 is 0 Å². The molecule has 0 atom stereocenters. The van der Waals surface area contributed by atoms with Crippen molar-refractivity contribution in [1.29, 1.82) is 0 Å². The first-order valence-electron chi connectivity index (χ1n) is 11.1. The highest BCUT2D eigenvalue weighted by Crippen LogP contribution is 2.24. The summed E-state index contributed by atoms with van der Waals surface area (Å²) in [7, 11) is 0. The third-order valence-corrected chi connectivity index (χ3v) is 6.71. The largest absolute Gasteiger partial charge is 0.463 e. The van der Waals surface area contributed by atoms with E-state index in [0.717, 1.165) is 47.2 Å². The Morgan fingerprint density at radius 2 is 1.61 bits per heavy atom. The third-order valence-electron chi connectivity index (χ3n) is 5.88. The Balaban J connectivity index is 1.18. The maximum atomic E-state index is 13.1. The fourth-order valence-electron chi connectivity index (χ4n) is 4.09. The van der Waals surface area contributed by atoms with Crippen molar-refractivity contribution in [3.8, 4) is 11.5 Å². The summed E-state index contributed by atoms with van der Waals surface area (Å²) in [4.78, 5) is 22.1. The van der Waals surface area contributed by atoms with Crippen molar-refractivity contribution < 1.29 is 9.21 Å². The zero-order valence-electron chi connectivity index (χ0n) is 18.3. The standard InChI is InChI=1S/C26H26N4O2S/c31-26(28-25(20-8-3-1-4-9-20)21-10-5-2-6-11-21)30-15-13-29(14-16-30)18-24-27-22(19-33-24)23-12-7-17-32-23/h1-12,17,19,25H,13-16,18H2,(H,28,31). The van der Waals surface area contributed by atoms with Gasteiger partial charge in [0.05, 0.1) is 18.8 Å². The highest BCUT2D eigenvalue weighted by Gasteiger charge is 2.25. The molecule has 0 spiro atoms. The molecule has 0 aliphatic carbocycles. The molecule has 1 aliphatic heterocycles. The lowest BCUT2D eigenvalue weighted by atomic mass is 9.99. The molecule has 0 bridgehead atoms. The number of furan rings is 1. The Bertz CT molecular complexity index is 1110. The third kappa shape index (κ3) is 5.16. The van der Waals surface area contributed by atoms with Crippen molar-refractivity contribution in [2.75, 3.05) is 26.2 Å². The number of amides is 2. The fourth-order valence-corrected chi connectivity index (χ4v) is 4.91. The number of nitrogens with zero attached hydrogens (tertiary/aromatic N) is 3. The molecule has 2 aromatic heterocycles. The molecule has 1 N–H and O–H groups in total. The van der Waals surface area contributed by atoms with Crippen LogP contribution in [0.15, 0.2) is 88.9 Å². The lowest BCUT2D eigenvalue weighted by Crippen LogP contribution is -2.52. The summed E-state index contributed by atoms with van der Waals surface area (Å²) in [6, 6.07) is 23.8. The zero-order chi connectivity index (χ0) is 22.5. The molecule has 4 aromatic rings. The molecule has 0 radical (unpaired) electrons. The average Bonchev–Trinajstić information content (AvgIpc) is 3.56. The minimum absolute atomic E-state index is 0.0262. The van der Waals surface area contributed by atoms with Gasteiger partial charge in [-0.15, -0.1) is 11.3 Å². The van der Waals surface area contributed by atoms with E-state index in [1.807, 2.05) is 58.8 Å². The first-order chi connectivity index (χ1) is 16.3. The molecule has 1 fully saturated rings. The highest BCUT2D eigenvalue weighted by molar-refractivity contribution is 7.09. The van der Waals surface area contributed by atoms with E-state index in [1.54, 1.807) is 17.6 Å². The van der Waals surface area contributed by atoms with Gasteiger partial charge in [0.1, 0.15) is 10.7 Å². The van der Waals surface area contributed by atoms with Crippen molar-refractivity contribution >= 4 is 17.4 Å². The second-order valence-corrected chi connectivity index (χ2v) is 9.01. The number of carbonyl (C=O) groups excluding carboxylic acids is 1. The molecule has 0 saturated carbocycles. The lowest BCUT2D eigenvalue weighted by molar-refractivity contribution is 0.134. The predicted octanol–water partition coefficient (Wildman–Crippen LogP) is 5.02. The van der Waals surface area contributed by atoms with Crippen molar-refractivity contribution in [2.24, 2.45) is 0 Å². The Labute approximate surface area is 197 Å². The smallest absolute Gasteiger partial charge is 0.318 e. The van der Waals surface area contributed by atoms with Gasteiger partial charge in [-0.1, -0.05) is 60.7 Å². The SMILES string of the molecule is O=C(NC(c1ccccc1)c1ccccc1)N1CCN(Cc2nc(-c3ccco3)cs2)CC1. The molecule has 168 valence electrons. The molecule has 0 unspecified atom stereocenters. The number of rotatable bonds is 6. The monoisotopic (exact) mass is 458 g/mol. The number of thiazole rings is 1. The van der Waals surface area contributed by atoms with E-state index in [9.17, 15) is 4.79 Å². The van der Waals surface area contributed by atoms with Crippen LogP contribution in [-0.4, -0.2) is 47.0 Å². The Morgan fingerprint density at radius 1 is 0.939 bits per heavy atom. The number of benzene rings is 2. The summed E-state index contributed by atoms with van der Waals surface area (Å²) >= 11 is 1.65. The van der Waals surface area contributed by atoms with Gasteiger partial charge in [0.2, 0.25) is 0 Å². The quantitative estimate of drug-likeness (QED) is 0.441. The molecule has 1 saturated heterocycles. The molecule has 2 aromatic carbocycles. The second kappa shape index (κ2) is 10.0. The van der Waals surface area contributed by atoms with E-state index in [0.29, 0.717) is 13.1 Å². The van der Waals surface area contributed by atoms with Crippen LogP contribution in [0.2, 0.25) is 0 Å². The van der Waals surface area contributed by atoms with Gasteiger partial charge in [0.25, 0.3) is 0 Å². The van der Waals surface area contributed by atoms with Crippen molar-refractivity contribution in [1.82, 2.24) is 20.1 Å². The van der Waals surface area contributed by atoms with Gasteiger partial charge in [0.15, 0.2) is 5.76 Å². The summed E-state index contributed by atoms with van der Waals surface area (Å²) in [5.74, 6) is 0.797. The highest BCUT2D eigenvalue weighted by atomic mass is 32.1. The van der Waals surface area contributed by atoms with Gasteiger partial charge in [-0.2, -0.15) is 0 Å². The molecule has 7 heteroatoms. The molecule has 33 heavy (non-hydrogen) atoms. The summed E-state index contributed by atoms with van der Waals surface area (Å²) < 4.78 is 5.44. The van der Waals surface area contributed by atoms with Gasteiger partial charge >= 0.3 is 6.03 Å². The minimum atomic E-state index is -0.173. The van der Waals surface area contributed by atoms with Gasteiger partial charge in [-0.3, -0.25) is 4.90 Å². The van der Waals surface area contributed by atoms with Crippen LogP contribution < -0.4 is 5.32 Å². The van der Waals surface area contributed by atoms with Crippen LogP contribution in [0, 0.1) is 0 Å². The molecule has 5 rings (SSSR count). The van der Waals surface area contributed by atoms with E-state index in [-0.39, 0.29) is 12.1 Å². The van der Waals surface area contributed by atoms with Gasteiger partial charge in [0, 0.05) is 31.6 Å². The first kappa shape index (κ1) is 21.4. The number of hydrogen-bond donors (Lipinski definition) is 1. The van der Waals surface area contributed by atoms with E-state index in [2.05, 4.69) is 34.5 Å². The fraction of sp³-hybridized carbons (Fsp3) is 0.231.